The van der Waals surface area contributed by atoms with E-state index in [0.717, 1.165) is 45.1 Å². The highest BCUT2D eigenvalue weighted by molar-refractivity contribution is 8.01. The van der Waals surface area contributed by atoms with Gasteiger partial charge in [-0.25, -0.2) is 0 Å². The molecule has 3 saturated heterocycles. The first-order valence-corrected chi connectivity index (χ1v) is 20.4. The van der Waals surface area contributed by atoms with E-state index in [-0.39, 0.29) is 48.9 Å². The van der Waals surface area contributed by atoms with E-state index in [4.69, 9.17) is 4.74 Å². The van der Waals surface area contributed by atoms with Crippen LogP contribution in [0.25, 0.3) is 0 Å². The minimum absolute atomic E-state index is 0.0853. The molecule has 7 unspecified atom stereocenters. The van der Waals surface area contributed by atoms with Gasteiger partial charge in [0.05, 0.1) is 42.1 Å². The monoisotopic (exact) mass is 702 g/mol. The fraction of sp³-hybridized carbons (Fsp3) is 0.725. The number of nitrogens with one attached hydrogen (secondary N) is 1. The number of carbonyl (C=O) groups excluding carboxylic acids is 2. The van der Waals surface area contributed by atoms with Crippen LogP contribution < -0.4 is 5.32 Å². The van der Waals surface area contributed by atoms with Crippen molar-refractivity contribution in [3.8, 4) is 6.07 Å². The third-order valence-electron chi connectivity index (χ3n) is 13.0. The van der Waals surface area contributed by atoms with Gasteiger partial charge >= 0.3 is 0 Å². The number of likely N-dealkylation sites (tertiary alicyclic amines) is 1. The lowest BCUT2D eigenvalue weighted by Gasteiger charge is -2.60. The number of carbonyl (C=O) groups is 2. The smallest absolute Gasteiger partial charge is 0.246 e. The lowest BCUT2D eigenvalue weighted by molar-refractivity contribution is -0.200. The fourth-order valence-corrected chi connectivity index (χ4v) is 12.1. The zero-order chi connectivity index (χ0) is 34.8. The van der Waals surface area contributed by atoms with Crippen LogP contribution in [0.15, 0.2) is 41.8 Å². The number of benzene rings is 1. The summed E-state index contributed by atoms with van der Waals surface area (Å²) >= 11 is 1.84. The maximum Gasteiger partial charge on any atom is 0.246 e. The average Bonchev–Trinajstić information content (AvgIpc) is 3.52. The van der Waals surface area contributed by atoms with E-state index in [2.05, 4.69) is 70.9 Å². The molecule has 4 heterocycles. The van der Waals surface area contributed by atoms with Gasteiger partial charge in [0.2, 0.25) is 5.91 Å². The van der Waals surface area contributed by atoms with Crippen LogP contribution in [-0.4, -0.2) is 113 Å². The molecule has 6 aliphatic rings. The number of rotatable bonds is 7. The molecule has 1 amide bonds. The molecular formula is C40H58N6O3S. The summed E-state index contributed by atoms with van der Waals surface area (Å²) in [7, 11) is 2.20. The predicted octanol–water partition coefficient (Wildman–Crippen LogP) is 5.72. The van der Waals surface area contributed by atoms with Gasteiger partial charge in [-0.15, -0.1) is 11.8 Å². The first-order chi connectivity index (χ1) is 24.3. The van der Waals surface area contributed by atoms with Crippen LogP contribution in [0.1, 0.15) is 102 Å². The molecule has 1 N–H and O–H groups in total. The van der Waals surface area contributed by atoms with Gasteiger partial charge in [-0.05, 0) is 82.2 Å². The van der Waals surface area contributed by atoms with Crippen LogP contribution in [0.4, 0.5) is 0 Å². The van der Waals surface area contributed by atoms with Crippen molar-refractivity contribution in [1.29, 1.82) is 5.26 Å². The van der Waals surface area contributed by atoms with Gasteiger partial charge in [0.25, 0.3) is 0 Å². The molecular weight excluding hydrogens is 645 g/mol. The molecule has 0 aromatic heterocycles. The van der Waals surface area contributed by atoms with Crippen molar-refractivity contribution in [3.05, 3.63) is 42.5 Å². The van der Waals surface area contributed by atoms with Gasteiger partial charge in [0, 0.05) is 42.5 Å². The fourth-order valence-electron chi connectivity index (χ4n) is 10.3. The summed E-state index contributed by atoms with van der Waals surface area (Å²) in [6, 6.07) is 11.2. The zero-order valence-corrected chi connectivity index (χ0v) is 31.1. The van der Waals surface area contributed by atoms with E-state index >= 15 is 4.79 Å². The molecule has 1 aromatic rings. The normalized spacial score (nSPS) is 36.3. The molecule has 50 heavy (non-hydrogen) atoms. The molecule has 4 aliphatic heterocycles. The number of amides is 1. The average molecular weight is 703 g/mol. The second-order valence-electron chi connectivity index (χ2n) is 16.0. The number of hydrogen-bond acceptors (Lipinski definition) is 9. The Balaban J connectivity index is 1.26. The quantitative estimate of drug-likeness (QED) is 0.358. The zero-order valence-electron chi connectivity index (χ0n) is 30.3. The third-order valence-corrected chi connectivity index (χ3v) is 14.6. The highest BCUT2D eigenvalue weighted by Gasteiger charge is 2.60. The van der Waals surface area contributed by atoms with Gasteiger partial charge in [-0.3, -0.25) is 24.7 Å². The van der Waals surface area contributed by atoms with Crippen LogP contribution in [0, 0.1) is 17.2 Å². The third kappa shape index (κ3) is 7.08. The highest BCUT2D eigenvalue weighted by atomic mass is 32.2. The van der Waals surface area contributed by atoms with E-state index in [0.29, 0.717) is 44.0 Å². The Morgan fingerprint density at radius 2 is 1.86 bits per heavy atom. The maximum atomic E-state index is 15.7. The Morgan fingerprint density at radius 3 is 2.60 bits per heavy atom. The summed E-state index contributed by atoms with van der Waals surface area (Å²) < 4.78 is 6.60. The van der Waals surface area contributed by atoms with Gasteiger partial charge in [0.1, 0.15) is 0 Å². The summed E-state index contributed by atoms with van der Waals surface area (Å²) in [6.45, 7) is 9.59. The van der Waals surface area contributed by atoms with Crippen LogP contribution in [0.5, 0.6) is 0 Å². The number of fused-ring (bicyclic) bond motifs is 2. The molecule has 0 bridgehead atoms. The SMILES string of the molecule is C=CC(=O)N1CCN(C2NC(OCC3CCCN3C)N(C3CCCCCCC3)C3C(=O)[C@]4(CCC23)CC(C)c2ccccc2S4)CC1CC#N. The Morgan fingerprint density at radius 1 is 1.08 bits per heavy atom. The predicted molar refractivity (Wildman–Crippen MR) is 197 cm³/mol. The van der Waals surface area contributed by atoms with Gasteiger partial charge < -0.3 is 14.5 Å². The number of thioether (sulfide) groups is 1. The molecule has 5 fully saturated rings. The Labute approximate surface area is 304 Å². The van der Waals surface area contributed by atoms with Crippen molar-refractivity contribution < 1.29 is 14.3 Å². The molecule has 1 aromatic carbocycles. The summed E-state index contributed by atoms with van der Waals surface area (Å²) in [6.07, 6.45) is 14.6. The Hall–Kier alpha value is -2.26. The van der Waals surface area contributed by atoms with E-state index in [9.17, 15) is 10.1 Å². The summed E-state index contributed by atoms with van der Waals surface area (Å²) in [5, 5.41) is 13.8. The minimum atomic E-state index is -0.453. The molecule has 0 radical (unpaired) electrons. The first-order valence-electron chi connectivity index (χ1n) is 19.5. The second-order valence-corrected chi connectivity index (χ2v) is 17.4. The van der Waals surface area contributed by atoms with Crippen molar-refractivity contribution in [2.45, 2.75) is 143 Å². The maximum absolute atomic E-state index is 15.7. The topological polar surface area (TPSA) is 92.2 Å². The number of ether oxygens (including phenoxy) is 1. The summed E-state index contributed by atoms with van der Waals surface area (Å²) in [5.41, 5.74) is 1.37. The number of piperazine rings is 1. The van der Waals surface area contributed by atoms with Crippen molar-refractivity contribution in [1.82, 2.24) is 24.9 Å². The lowest BCUT2D eigenvalue weighted by Crippen LogP contribution is -2.77. The van der Waals surface area contributed by atoms with Crippen LogP contribution in [0.3, 0.4) is 0 Å². The van der Waals surface area contributed by atoms with E-state index < -0.39 is 4.75 Å². The molecule has 1 spiro atoms. The number of ketones is 1. The van der Waals surface area contributed by atoms with Crippen LogP contribution >= 0.6 is 11.8 Å². The number of nitrogens with zero attached hydrogens (tertiary/aromatic N) is 5. The second kappa shape index (κ2) is 15.8. The van der Waals surface area contributed by atoms with Crippen LogP contribution in [0.2, 0.25) is 0 Å². The van der Waals surface area contributed by atoms with Crippen molar-refractivity contribution in [2.75, 3.05) is 39.8 Å². The summed E-state index contributed by atoms with van der Waals surface area (Å²) in [4.78, 5) is 39.0. The minimum Gasteiger partial charge on any atom is -0.348 e. The number of nitriles is 1. The van der Waals surface area contributed by atoms with Gasteiger partial charge in [-0.1, -0.05) is 63.8 Å². The summed E-state index contributed by atoms with van der Waals surface area (Å²) in [5.74, 6) is 0.696. The van der Waals surface area contributed by atoms with Crippen molar-refractivity contribution in [3.63, 3.8) is 0 Å². The Bertz CT molecular complexity index is 1430. The molecule has 8 atom stereocenters. The van der Waals surface area contributed by atoms with E-state index in [1.807, 2.05) is 16.7 Å². The number of likely N-dealkylation sites (N-methyl/N-ethyl adjacent to an activating group) is 1. The van der Waals surface area contributed by atoms with Gasteiger partial charge in [0.15, 0.2) is 12.1 Å². The Kier molecular flexibility index (Phi) is 11.4. The standard InChI is InChI=1S/C40H58N6O3S/c1-4-35(47)45-24-23-44(26-30(45)19-21-41)38-33-18-20-40(25-28(2)32-16-10-11-17-34(32)50-40)37(48)36(33)46(29-13-8-6-5-7-9-14-29)39(42-38)49-27-31-15-12-22-43(31)3/h4,10-11,16-17,28-31,33,36,38-39,42H,1,5-9,12-15,18-20,22-27H2,2-3H3/t28?,30?,31?,33?,36?,38?,39?,40-/m0/s1. The molecule has 7 rings (SSSR count). The largest absolute Gasteiger partial charge is 0.348 e. The number of hydrogen-bond donors (Lipinski definition) is 1. The molecule has 2 saturated carbocycles. The molecule has 272 valence electrons. The highest BCUT2D eigenvalue weighted by Crippen LogP contribution is 2.56. The van der Waals surface area contributed by atoms with Crippen molar-refractivity contribution in [2.24, 2.45) is 5.92 Å². The molecule has 10 heteroatoms. The van der Waals surface area contributed by atoms with Crippen molar-refractivity contribution >= 4 is 23.5 Å². The van der Waals surface area contributed by atoms with E-state index in [1.54, 1.807) is 0 Å². The van der Waals surface area contributed by atoms with E-state index in [1.165, 1.54) is 55.1 Å². The molecule has 9 nitrogen and oxygen atoms in total. The number of Topliss-reactive ketones (excluding diaryl/α,β-unsaturated/α-hetero) is 1. The van der Waals surface area contributed by atoms with Gasteiger partial charge in [-0.2, -0.15) is 5.26 Å². The first kappa shape index (κ1) is 36.1. The lowest BCUT2D eigenvalue weighted by atomic mass is 9.69. The molecule has 2 aliphatic carbocycles. The van der Waals surface area contributed by atoms with Crippen LogP contribution in [-0.2, 0) is 14.3 Å².